The lowest BCUT2D eigenvalue weighted by molar-refractivity contribution is -0.125. The maximum absolute atomic E-state index is 12.0. The molecule has 1 atom stereocenters. The maximum atomic E-state index is 12.0. The van der Waals surface area contributed by atoms with Crippen LogP contribution in [0.3, 0.4) is 0 Å². The number of fused-ring (bicyclic) bond motifs is 1. The van der Waals surface area contributed by atoms with Crippen LogP contribution in [0.5, 0.6) is 0 Å². The van der Waals surface area contributed by atoms with E-state index in [-0.39, 0.29) is 17.9 Å². The first-order chi connectivity index (χ1) is 10.0. The van der Waals surface area contributed by atoms with E-state index in [4.69, 9.17) is 11.6 Å². The number of carbonyl (C=O) groups is 2. The third-order valence-corrected chi connectivity index (χ3v) is 5.24. The summed E-state index contributed by atoms with van der Waals surface area (Å²) in [5.74, 6) is -0.168. The Kier molecular flexibility index (Phi) is 3.87. The molecule has 1 aromatic heterocycles. The Morgan fingerprint density at radius 2 is 2.33 bits per heavy atom. The quantitative estimate of drug-likeness (QED) is 0.913. The van der Waals surface area contributed by atoms with Crippen molar-refractivity contribution in [1.29, 1.82) is 0 Å². The molecule has 0 bridgehead atoms. The van der Waals surface area contributed by atoms with Crippen molar-refractivity contribution in [1.82, 2.24) is 10.6 Å². The summed E-state index contributed by atoms with van der Waals surface area (Å²) in [5.41, 5.74) is 1.15. The lowest BCUT2D eigenvalue weighted by Gasteiger charge is -2.10. The van der Waals surface area contributed by atoms with Crippen molar-refractivity contribution < 1.29 is 9.59 Å². The van der Waals surface area contributed by atoms with Crippen LogP contribution in [-0.2, 0) is 16.1 Å². The fourth-order valence-electron chi connectivity index (χ4n) is 2.51. The predicted molar refractivity (Wildman–Crippen MR) is 84.6 cm³/mol. The van der Waals surface area contributed by atoms with Gasteiger partial charge in [-0.05, 0) is 42.5 Å². The van der Waals surface area contributed by atoms with Crippen LogP contribution < -0.4 is 10.6 Å². The van der Waals surface area contributed by atoms with Gasteiger partial charge in [-0.1, -0.05) is 11.6 Å². The summed E-state index contributed by atoms with van der Waals surface area (Å²) in [7, 11) is 0. The van der Waals surface area contributed by atoms with Gasteiger partial charge in [-0.25, -0.2) is 0 Å². The van der Waals surface area contributed by atoms with Crippen LogP contribution in [0.25, 0.3) is 10.1 Å². The number of rotatable bonds is 3. The number of hydrogen-bond acceptors (Lipinski definition) is 3. The molecule has 0 radical (unpaired) electrons. The number of halogens is 1. The van der Waals surface area contributed by atoms with Crippen LogP contribution in [0.2, 0.25) is 5.02 Å². The molecule has 4 nitrogen and oxygen atoms in total. The van der Waals surface area contributed by atoms with E-state index in [2.05, 4.69) is 10.6 Å². The molecule has 21 heavy (non-hydrogen) atoms. The van der Waals surface area contributed by atoms with E-state index in [1.54, 1.807) is 11.3 Å². The minimum Gasteiger partial charge on any atom is -0.349 e. The summed E-state index contributed by atoms with van der Waals surface area (Å²) in [4.78, 5) is 24.3. The molecule has 2 aromatic rings. The van der Waals surface area contributed by atoms with Crippen molar-refractivity contribution in [3.05, 3.63) is 33.7 Å². The number of carbonyl (C=O) groups excluding carboxylic acids is 2. The third kappa shape index (κ3) is 2.89. The Bertz CT molecular complexity index is 726. The Balaban J connectivity index is 1.72. The molecule has 1 saturated heterocycles. The van der Waals surface area contributed by atoms with Crippen LogP contribution in [0, 0.1) is 6.92 Å². The number of amides is 2. The smallest absolute Gasteiger partial charge is 0.242 e. The second-order valence-electron chi connectivity index (χ2n) is 5.17. The molecule has 2 heterocycles. The first-order valence-electron chi connectivity index (χ1n) is 6.79. The van der Waals surface area contributed by atoms with E-state index in [9.17, 15) is 9.59 Å². The van der Waals surface area contributed by atoms with Gasteiger partial charge >= 0.3 is 0 Å². The molecule has 1 unspecified atom stereocenters. The highest BCUT2D eigenvalue weighted by atomic mass is 35.5. The van der Waals surface area contributed by atoms with E-state index in [0.717, 1.165) is 20.5 Å². The minimum atomic E-state index is -0.387. The molecule has 110 valence electrons. The second-order valence-corrected chi connectivity index (χ2v) is 6.74. The molecule has 1 aliphatic rings. The van der Waals surface area contributed by atoms with Crippen molar-refractivity contribution in [3.8, 4) is 0 Å². The number of hydrogen-bond donors (Lipinski definition) is 2. The Labute approximate surface area is 131 Å². The van der Waals surface area contributed by atoms with Crippen molar-refractivity contribution >= 4 is 44.8 Å². The van der Waals surface area contributed by atoms with Crippen molar-refractivity contribution in [2.24, 2.45) is 0 Å². The van der Waals surface area contributed by atoms with Crippen LogP contribution in [-0.4, -0.2) is 17.9 Å². The highest BCUT2D eigenvalue weighted by molar-refractivity contribution is 7.19. The van der Waals surface area contributed by atoms with E-state index < -0.39 is 0 Å². The largest absolute Gasteiger partial charge is 0.349 e. The monoisotopic (exact) mass is 322 g/mol. The summed E-state index contributed by atoms with van der Waals surface area (Å²) in [6.07, 6.45) is 1.00. The normalized spacial score (nSPS) is 18.0. The lowest BCUT2D eigenvalue weighted by atomic mass is 10.1. The molecule has 1 aromatic carbocycles. The fraction of sp³-hybridized carbons (Fsp3) is 0.333. The van der Waals surface area contributed by atoms with Gasteiger partial charge in [0.1, 0.15) is 6.04 Å². The molecule has 0 aliphatic carbocycles. The van der Waals surface area contributed by atoms with Gasteiger partial charge in [0.05, 0.1) is 6.54 Å². The van der Waals surface area contributed by atoms with E-state index in [1.807, 2.05) is 25.1 Å². The van der Waals surface area contributed by atoms with Gasteiger partial charge in [-0.3, -0.25) is 9.59 Å². The van der Waals surface area contributed by atoms with Crippen molar-refractivity contribution in [3.63, 3.8) is 0 Å². The van der Waals surface area contributed by atoms with Gasteiger partial charge in [-0.15, -0.1) is 11.3 Å². The molecule has 0 saturated carbocycles. The molecular weight excluding hydrogens is 308 g/mol. The zero-order valence-electron chi connectivity index (χ0n) is 11.5. The highest BCUT2D eigenvalue weighted by Gasteiger charge is 2.27. The molecule has 1 aliphatic heterocycles. The molecular formula is C15H15ClN2O2S. The topological polar surface area (TPSA) is 58.2 Å². The number of nitrogens with one attached hydrogen (secondary N) is 2. The van der Waals surface area contributed by atoms with Crippen LogP contribution in [0.15, 0.2) is 18.2 Å². The molecule has 2 N–H and O–H groups in total. The molecule has 1 fully saturated rings. The second kappa shape index (κ2) is 5.66. The van der Waals surface area contributed by atoms with Gasteiger partial charge in [0, 0.05) is 21.0 Å². The molecule has 3 rings (SSSR count). The SMILES string of the molecule is Cc1c(CNC(=O)C2CCC(=O)N2)sc2ccc(Cl)cc12. The summed E-state index contributed by atoms with van der Waals surface area (Å²) >= 11 is 7.68. The van der Waals surface area contributed by atoms with Crippen molar-refractivity contribution in [2.45, 2.75) is 32.4 Å². The fourth-order valence-corrected chi connectivity index (χ4v) is 3.82. The third-order valence-electron chi connectivity index (χ3n) is 3.73. The highest BCUT2D eigenvalue weighted by Crippen LogP contribution is 2.32. The zero-order valence-corrected chi connectivity index (χ0v) is 13.1. The summed E-state index contributed by atoms with van der Waals surface area (Å²) < 4.78 is 1.16. The Morgan fingerprint density at radius 1 is 1.52 bits per heavy atom. The van der Waals surface area contributed by atoms with E-state index in [1.165, 1.54) is 0 Å². The standard InChI is InChI=1S/C15H15ClN2O2S/c1-8-10-6-9(16)2-4-12(10)21-13(8)7-17-15(20)11-3-5-14(19)18-11/h2,4,6,11H,3,5,7H2,1H3,(H,17,20)(H,18,19). The molecule has 0 spiro atoms. The summed E-state index contributed by atoms with van der Waals surface area (Å²) in [6, 6.07) is 5.43. The summed E-state index contributed by atoms with van der Waals surface area (Å²) in [6.45, 7) is 2.52. The minimum absolute atomic E-state index is 0.0529. The zero-order chi connectivity index (χ0) is 15.0. The average molecular weight is 323 g/mol. The Hall–Kier alpha value is -1.59. The first kappa shape index (κ1) is 14.4. The van der Waals surface area contributed by atoms with E-state index >= 15 is 0 Å². The van der Waals surface area contributed by atoms with Gasteiger partial charge in [0.15, 0.2) is 0 Å². The number of aryl methyl sites for hydroxylation is 1. The predicted octanol–water partition coefficient (Wildman–Crippen LogP) is 2.76. The Morgan fingerprint density at radius 3 is 3.05 bits per heavy atom. The van der Waals surface area contributed by atoms with Crippen LogP contribution in [0.4, 0.5) is 0 Å². The van der Waals surface area contributed by atoms with Crippen molar-refractivity contribution in [2.75, 3.05) is 0 Å². The summed E-state index contributed by atoms with van der Waals surface area (Å²) in [5, 5.41) is 7.42. The lowest BCUT2D eigenvalue weighted by Crippen LogP contribution is -2.41. The maximum Gasteiger partial charge on any atom is 0.242 e. The van der Waals surface area contributed by atoms with Crippen LogP contribution in [0.1, 0.15) is 23.3 Å². The van der Waals surface area contributed by atoms with Crippen LogP contribution >= 0.6 is 22.9 Å². The first-order valence-corrected chi connectivity index (χ1v) is 7.98. The van der Waals surface area contributed by atoms with E-state index in [0.29, 0.717) is 24.4 Å². The van der Waals surface area contributed by atoms with Gasteiger partial charge < -0.3 is 10.6 Å². The molecule has 6 heteroatoms. The number of benzene rings is 1. The molecule has 2 amide bonds. The van der Waals surface area contributed by atoms with Gasteiger partial charge in [0.25, 0.3) is 0 Å². The number of thiophene rings is 1. The van der Waals surface area contributed by atoms with Gasteiger partial charge in [0.2, 0.25) is 11.8 Å². The van der Waals surface area contributed by atoms with Gasteiger partial charge in [-0.2, -0.15) is 0 Å². The average Bonchev–Trinajstić information content (AvgIpc) is 3.02.